The van der Waals surface area contributed by atoms with Crippen molar-refractivity contribution in [3.8, 4) is 0 Å². The summed E-state index contributed by atoms with van der Waals surface area (Å²) in [6, 6.07) is 7.19. The molecule has 1 aliphatic heterocycles. The van der Waals surface area contributed by atoms with Gasteiger partial charge in [0.1, 0.15) is 0 Å². The van der Waals surface area contributed by atoms with Gasteiger partial charge in [0.05, 0.1) is 5.56 Å². The lowest BCUT2D eigenvalue weighted by molar-refractivity contribution is 0.00456. The van der Waals surface area contributed by atoms with Crippen molar-refractivity contribution in [2.24, 2.45) is 10.2 Å². The van der Waals surface area contributed by atoms with Crippen molar-refractivity contribution in [3.05, 3.63) is 40.9 Å². The van der Waals surface area contributed by atoms with E-state index in [1.807, 2.05) is 6.07 Å². The summed E-state index contributed by atoms with van der Waals surface area (Å²) in [5, 5.41) is 6.49. The van der Waals surface area contributed by atoms with Crippen molar-refractivity contribution in [1.82, 2.24) is 0 Å². The molecule has 5 heteroatoms. The average Bonchev–Trinajstić information content (AvgIpc) is 2.86. The lowest BCUT2D eigenvalue weighted by Gasteiger charge is -2.00. The van der Waals surface area contributed by atoms with Crippen molar-refractivity contribution < 1.29 is 4.79 Å². The van der Waals surface area contributed by atoms with Gasteiger partial charge in [-0.2, -0.15) is 4.79 Å². The number of alkyl halides is 1. The highest BCUT2D eigenvalue weighted by Gasteiger charge is 2.39. The molecule has 0 spiro atoms. The molecule has 1 aromatic carbocycles. The molecule has 0 bridgehead atoms. The molecule has 1 aromatic rings. The second-order valence-electron chi connectivity index (χ2n) is 2.66. The van der Waals surface area contributed by atoms with E-state index in [0.29, 0.717) is 0 Å². The number of benzene rings is 1. The van der Waals surface area contributed by atoms with Crippen LogP contribution in [-0.4, -0.2) is 11.0 Å². The fourth-order valence-corrected chi connectivity index (χ4v) is 1.20. The first kappa shape index (κ1) is 8.10. The standard InChI is InChI=1S/C8H5ClN4/c9-8(12-13-8)7-3-1-2-6(4-7)5-11-10/h1-5H. The molecule has 13 heavy (non-hydrogen) atoms. The fourth-order valence-electron chi connectivity index (χ4n) is 1.04. The van der Waals surface area contributed by atoms with E-state index in [1.165, 1.54) is 6.21 Å². The highest BCUT2D eigenvalue weighted by molar-refractivity contribution is 6.24. The van der Waals surface area contributed by atoms with Crippen LogP contribution in [0.25, 0.3) is 5.53 Å². The van der Waals surface area contributed by atoms with Gasteiger partial charge in [0.15, 0.2) is 0 Å². The molecular weight excluding hydrogens is 188 g/mol. The van der Waals surface area contributed by atoms with E-state index in [2.05, 4.69) is 15.0 Å². The van der Waals surface area contributed by atoms with Crippen molar-refractivity contribution in [2.45, 2.75) is 5.12 Å². The average molecular weight is 193 g/mol. The van der Waals surface area contributed by atoms with Crippen LogP contribution in [0, 0.1) is 0 Å². The first-order chi connectivity index (χ1) is 6.24. The van der Waals surface area contributed by atoms with Gasteiger partial charge in [0, 0.05) is 5.56 Å². The van der Waals surface area contributed by atoms with Crippen LogP contribution in [-0.2, 0) is 5.12 Å². The minimum atomic E-state index is -0.890. The third kappa shape index (κ3) is 1.49. The van der Waals surface area contributed by atoms with E-state index in [-0.39, 0.29) is 0 Å². The summed E-state index contributed by atoms with van der Waals surface area (Å²) in [6.45, 7) is 0. The maximum atomic E-state index is 8.32. The molecule has 0 amide bonds. The maximum absolute atomic E-state index is 8.32. The van der Waals surface area contributed by atoms with Gasteiger partial charge in [-0.25, -0.2) is 0 Å². The van der Waals surface area contributed by atoms with Crippen LogP contribution in [0.3, 0.4) is 0 Å². The van der Waals surface area contributed by atoms with Crippen LogP contribution in [0.5, 0.6) is 0 Å². The Morgan fingerprint density at radius 2 is 2.23 bits per heavy atom. The third-order valence-electron chi connectivity index (χ3n) is 1.74. The quantitative estimate of drug-likeness (QED) is 0.227. The minimum Gasteiger partial charge on any atom is -0.361 e. The molecule has 0 N–H and O–H groups in total. The molecule has 4 nitrogen and oxygen atoms in total. The molecule has 1 heterocycles. The number of hydrogen-bond acceptors (Lipinski definition) is 2. The van der Waals surface area contributed by atoms with E-state index in [1.54, 1.807) is 18.2 Å². The Hall–Kier alpha value is -1.51. The molecule has 1 aliphatic rings. The Bertz CT molecular complexity index is 414. The highest BCUT2D eigenvalue weighted by Crippen LogP contribution is 2.43. The van der Waals surface area contributed by atoms with Gasteiger partial charge in [0.2, 0.25) is 0 Å². The largest absolute Gasteiger partial charge is 0.361 e. The van der Waals surface area contributed by atoms with Crippen LogP contribution >= 0.6 is 11.6 Å². The number of hydrogen-bond donors (Lipinski definition) is 0. The zero-order valence-electron chi connectivity index (χ0n) is 6.55. The Balaban J connectivity index is 2.38. The SMILES string of the molecule is [N-]=[N+]=Cc1cccc(C2(Cl)N=N2)c1. The minimum absolute atomic E-state index is 0.761. The summed E-state index contributed by atoms with van der Waals surface area (Å²) in [5.74, 6) is 0. The molecule has 0 saturated heterocycles. The highest BCUT2D eigenvalue weighted by atomic mass is 35.5. The van der Waals surface area contributed by atoms with E-state index in [0.717, 1.165) is 11.1 Å². The summed E-state index contributed by atoms with van der Waals surface area (Å²) in [5.41, 5.74) is 9.86. The molecule has 0 aromatic heterocycles. The van der Waals surface area contributed by atoms with Crippen LogP contribution in [0.15, 0.2) is 34.5 Å². The van der Waals surface area contributed by atoms with Gasteiger partial charge < -0.3 is 5.53 Å². The number of nitrogens with zero attached hydrogens (tertiary/aromatic N) is 4. The van der Waals surface area contributed by atoms with Gasteiger partial charge in [-0.1, -0.05) is 23.7 Å². The Labute approximate surface area is 79.5 Å². The second kappa shape index (κ2) is 2.76. The summed E-state index contributed by atoms with van der Waals surface area (Å²) in [6.07, 6.45) is 1.33. The van der Waals surface area contributed by atoms with Gasteiger partial charge in [0.25, 0.3) is 11.3 Å². The summed E-state index contributed by atoms with van der Waals surface area (Å²) in [4.78, 5) is 2.92. The van der Waals surface area contributed by atoms with Gasteiger partial charge in [-0.15, -0.1) is 10.2 Å². The number of halogens is 1. The van der Waals surface area contributed by atoms with Crippen molar-refractivity contribution in [2.75, 3.05) is 0 Å². The van der Waals surface area contributed by atoms with Gasteiger partial charge >= 0.3 is 0 Å². The normalized spacial score (nSPS) is 16.4. The van der Waals surface area contributed by atoms with Crippen LogP contribution in [0.1, 0.15) is 11.1 Å². The van der Waals surface area contributed by atoms with Crippen molar-refractivity contribution in [1.29, 1.82) is 0 Å². The topological polar surface area (TPSA) is 61.1 Å². The Morgan fingerprint density at radius 1 is 1.46 bits per heavy atom. The molecule has 0 fully saturated rings. The molecule has 0 atom stereocenters. The maximum Gasteiger partial charge on any atom is 0.289 e. The van der Waals surface area contributed by atoms with E-state index in [4.69, 9.17) is 17.1 Å². The Morgan fingerprint density at radius 3 is 2.85 bits per heavy atom. The summed E-state index contributed by atoms with van der Waals surface area (Å²) >= 11 is 5.90. The monoisotopic (exact) mass is 192 g/mol. The molecule has 0 saturated carbocycles. The van der Waals surface area contributed by atoms with Crippen molar-refractivity contribution >= 4 is 17.8 Å². The summed E-state index contributed by atoms with van der Waals surface area (Å²) in [7, 11) is 0. The van der Waals surface area contributed by atoms with Crippen molar-refractivity contribution in [3.63, 3.8) is 0 Å². The number of rotatable bonds is 2. The summed E-state index contributed by atoms with van der Waals surface area (Å²) < 4.78 is 0. The van der Waals surface area contributed by atoms with E-state index in [9.17, 15) is 0 Å². The molecule has 64 valence electrons. The van der Waals surface area contributed by atoms with Crippen LogP contribution in [0.4, 0.5) is 0 Å². The zero-order valence-corrected chi connectivity index (χ0v) is 7.31. The molecular formula is C8H5ClN4. The van der Waals surface area contributed by atoms with E-state index >= 15 is 0 Å². The third-order valence-corrected chi connectivity index (χ3v) is 2.11. The zero-order chi connectivity index (χ0) is 9.31. The van der Waals surface area contributed by atoms with E-state index < -0.39 is 5.12 Å². The Kier molecular flexibility index (Phi) is 1.72. The molecule has 2 rings (SSSR count). The predicted molar refractivity (Wildman–Crippen MR) is 47.6 cm³/mol. The predicted octanol–water partition coefficient (Wildman–Crippen LogP) is 2.15. The molecule has 0 unspecified atom stereocenters. The lowest BCUT2D eigenvalue weighted by atomic mass is 10.1. The van der Waals surface area contributed by atoms with Gasteiger partial charge in [-0.3, -0.25) is 0 Å². The molecule has 0 aliphatic carbocycles. The first-order valence-electron chi connectivity index (χ1n) is 3.65. The molecule has 0 radical (unpaired) electrons. The lowest BCUT2D eigenvalue weighted by Crippen LogP contribution is -1.98. The van der Waals surface area contributed by atoms with Crippen LogP contribution in [0.2, 0.25) is 0 Å². The van der Waals surface area contributed by atoms with Crippen LogP contribution < -0.4 is 0 Å². The first-order valence-corrected chi connectivity index (χ1v) is 4.03. The second-order valence-corrected chi connectivity index (χ2v) is 3.18. The smallest absolute Gasteiger partial charge is 0.289 e. The van der Waals surface area contributed by atoms with Gasteiger partial charge in [-0.05, 0) is 12.1 Å². The fraction of sp³-hybridized carbons (Fsp3) is 0.125.